The van der Waals surface area contributed by atoms with E-state index in [1.165, 1.54) is 21.3 Å². The van der Waals surface area contributed by atoms with E-state index >= 15 is 0 Å². The Balaban J connectivity index is 3.11. The molecule has 0 spiro atoms. The van der Waals surface area contributed by atoms with Crippen LogP contribution in [0.5, 0.6) is 0 Å². The zero-order chi connectivity index (χ0) is 13.9. The van der Waals surface area contributed by atoms with Gasteiger partial charge in [0.1, 0.15) is 0 Å². The molecule has 0 bridgehead atoms. The van der Waals surface area contributed by atoms with Crippen LogP contribution in [0.25, 0.3) is 0 Å². The Morgan fingerprint density at radius 2 is 1.56 bits per heavy atom. The minimum Gasteiger partial charge on any atom is -0.469 e. The quantitative estimate of drug-likeness (QED) is 0.539. The summed E-state index contributed by atoms with van der Waals surface area (Å²) >= 11 is 0. The van der Waals surface area contributed by atoms with Gasteiger partial charge in [0.2, 0.25) is 0 Å². The molecule has 1 rings (SSSR count). The molecule has 1 aliphatic rings. The Hall–Kier alpha value is -1.85. The lowest BCUT2D eigenvalue weighted by molar-refractivity contribution is -0.155. The van der Waals surface area contributed by atoms with Gasteiger partial charge < -0.3 is 14.2 Å². The molecule has 0 amide bonds. The molecule has 0 aliphatic heterocycles. The monoisotopic (exact) mass is 256 g/mol. The number of esters is 3. The van der Waals surface area contributed by atoms with Crippen molar-refractivity contribution in [2.45, 2.75) is 13.3 Å². The zero-order valence-corrected chi connectivity index (χ0v) is 10.8. The van der Waals surface area contributed by atoms with Gasteiger partial charge in [-0.1, -0.05) is 0 Å². The largest absolute Gasteiger partial charge is 0.469 e. The Kier molecular flexibility index (Phi) is 4.47. The lowest BCUT2D eigenvalue weighted by Gasteiger charge is -2.16. The van der Waals surface area contributed by atoms with E-state index in [4.69, 9.17) is 0 Å². The molecule has 100 valence electrons. The second kappa shape index (κ2) is 5.66. The van der Waals surface area contributed by atoms with E-state index in [1.807, 2.05) is 0 Å². The molecule has 0 aromatic rings. The van der Waals surface area contributed by atoms with Crippen molar-refractivity contribution < 1.29 is 28.6 Å². The fourth-order valence-electron chi connectivity index (χ4n) is 2.19. The van der Waals surface area contributed by atoms with Crippen molar-refractivity contribution in [2.75, 3.05) is 21.3 Å². The van der Waals surface area contributed by atoms with Crippen LogP contribution in [0, 0.1) is 11.8 Å². The molecule has 0 aromatic heterocycles. The third kappa shape index (κ3) is 2.37. The first-order valence-corrected chi connectivity index (χ1v) is 5.41. The first-order chi connectivity index (χ1) is 8.47. The average Bonchev–Trinajstić information content (AvgIpc) is 2.73. The van der Waals surface area contributed by atoms with Crippen molar-refractivity contribution >= 4 is 17.9 Å². The van der Waals surface area contributed by atoms with Gasteiger partial charge in [0.25, 0.3) is 0 Å². The van der Waals surface area contributed by atoms with Crippen LogP contribution in [0.1, 0.15) is 13.3 Å². The van der Waals surface area contributed by atoms with Gasteiger partial charge in [0.15, 0.2) is 0 Å². The molecule has 18 heavy (non-hydrogen) atoms. The Labute approximate surface area is 105 Å². The number of rotatable bonds is 3. The fourth-order valence-corrected chi connectivity index (χ4v) is 2.19. The summed E-state index contributed by atoms with van der Waals surface area (Å²) < 4.78 is 13.9. The minimum absolute atomic E-state index is 0.130. The highest BCUT2D eigenvalue weighted by Crippen LogP contribution is 2.39. The third-order valence-electron chi connectivity index (χ3n) is 3.16. The highest BCUT2D eigenvalue weighted by molar-refractivity contribution is 5.96. The fraction of sp³-hybridized carbons (Fsp3) is 0.583. The van der Waals surface area contributed by atoms with E-state index in [0.29, 0.717) is 11.1 Å². The number of hydrogen-bond acceptors (Lipinski definition) is 6. The summed E-state index contributed by atoms with van der Waals surface area (Å²) in [6.07, 6.45) is 0.130. The summed E-state index contributed by atoms with van der Waals surface area (Å²) in [5, 5.41) is 0. The minimum atomic E-state index is -0.781. The predicted octanol–water partition coefficient (Wildman–Crippen LogP) is 0.458. The van der Waals surface area contributed by atoms with E-state index in [1.54, 1.807) is 6.92 Å². The van der Waals surface area contributed by atoms with Gasteiger partial charge in [-0.15, -0.1) is 0 Å². The van der Waals surface area contributed by atoms with Gasteiger partial charge in [0, 0.05) is 5.57 Å². The van der Waals surface area contributed by atoms with Crippen molar-refractivity contribution in [1.29, 1.82) is 0 Å². The van der Waals surface area contributed by atoms with Crippen LogP contribution in [0.2, 0.25) is 0 Å². The first kappa shape index (κ1) is 14.2. The van der Waals surface area contributed by atoms with Gasteiger partial charge in [-0.05, 0) is 18.9 Å². The summed E-state index contributed by atoms with van der Waals surface area (Å²) in [5.41, 5.74) is 0.840. The van der Waals surface area contributed by atoms with Crippen LogP contribution >= 0.6 is 0 Å². The van der Waals surface area contributed by atoms with Crippen LogP contribution in [0.15, 0.2) is 11.1 Å². The molecule has 0 heterocycles. The number of methoxy groups -OCH3 is 3. The normalized spacial score (nSPS) is 22.7. The molecule has 6 heteroatoms. The molecular formula is C12H16O6. The topological polar surface area (TPSA) is 78.9 Å². The van der Waals surface area contributed by atoms with Crippen LogP contribution < -0.4 is 0 Å². The SMILES string of the molecule is COC(=O)C1=C(C)[C@H](C(=O)OC)[C@@H](C(=O)OC)C1. The van der Waals surface area contributed by atoms with Gasteiger partial charge in [0.05, 0.1) is 33.2 Å². The van der Waals surface area contributed by atoms with Gasteiger partial charge >= 0.3 is 17.9 Å². The Morgan fingerprint density at radius 1 is 1.00 bits per heavy atom. The molecule has 6 nitrogen and oxygen atoms in total. The highest BCUT2D eigenvalue weighted by atomic mass is 16.5. The number of hydrogen-bond donors (Lipinski definition) is 0. The van der Waals surface area contributed by atoms with Crippen molar-refractivity contribution in [3.63, 3.8) is 0 Å². The maximum Gasteiger partial charge on any atom is 0.333 e. The second-order valence-corrected chi connectivity index (χ2v) is 3.99. The third-order valence-corrected chi connectivity index (χ3v) is 3.16. The van der Waals surface area contributed by atoms with Crippen LogP contribution in [0.3, 0.4) is 0 Å². The molecule has 0 unspecified atom stereocenters. The lowest BCUT2D eigenvalue weighted by Crippen LogP contribution is -2.29. The maximum atomic E-state index is 11.7. The van der Waals surface area contributed by atoms with Gasteiger partial charge in [-0.3, -0.25) is 9.59 Å². The van der Waals surface area contributed by atoms with E-state index < -0.39 is 29.7 Å². The van der Waals surface area contributed by atoms with Crippen LogP contribution in [0.4, 0.5) is 0 Å². The number of carbonyl (C=O) groups is 3. The summed E-state index contributed by atoms with van der Waals surface area (Å²) in [6.45, 7) is 1.62. The molecule has 2 atom stereocenters. The number of ether oxygens (including phenoxy) is 3. The average molecular weight is 256 g/mol. The zero-order valence-electron chi connectivity index (χ0n) is 10.8. The Bertz CT molecular complexity index is 409. The second-order valence-electron chi connectivity index (χ2n) is 3.99. The van der Waals surface area contributed by atoms with Crippen molar-refractivity contribution in [3.8, 4) is 0 Å². The summed E-state index contributed by atoms with van der Waals surface area (Å²) in [5.74, 6) is -3.13. The van der Waals surface area contributed by atoms with E-state index in [2.05, 4.69) is 14.2 Å². The van der Waals surface area contributed by atoms with Crippen LogP contribution in [-0.4, -0.2) is 39.2 Å². The Morgan fingerprint density at radius 3 is 2.00 bits per heavy atom. The van der Waals surface area contributed by atoms with Crippen molar-refractivity contribution in [3.05, 3.63) is 11.1 Å². The standard InChI is InChI=1S/C12H16O6/c1-6-7(10(13)16-2)5-8(11(14)17-3)9(6)12(15)18-4/h8-9H,5H2,1-4H3/t8-,9-/m0/s1. The highest BCUT2D eigenvalue weighted by Gasteiger charge is 2.45. The molecule has 0 fully saturated rings. The molecule has 0 radical (unpaired) electrons. The van der Waals surface area contributed by atoms with Gasteiger partial charge in [-0.2, -0.15) is 0 Å². The summed E-state index contributed by atoms with van der Waals surface area (Å²) in [7, 11) is 3.73. The predicted molar refractivity (Wildman–Crippen MR) is 60.3 cm³/mol. The van der Waals surface area contributed by atoms with E-state index in [-0.39, 0.29) is 6.42 Å². The van der Waals surface area contributed by atoms with E-state index in [0.717, 1.165) is 0 Å². The molecule has 0 aromatic carbocycles. The van der Waals surface area contributed by atoms with E-state index in [9.17, 15) is 14.4 Å². The molecule has 0 saturated heterocycles. The molecule has 0 N–H and O–H groups in total. The smallest absolute Gasteiger partial charge is 0.333 e. The molecule has 1 aliphatic carbocycles. The summed E-state index contributed by atoms with van der Waals surface area (Å²) in [4.78, 5) is 34.9. The van der Waals surface area contributed by atoms with Crippen LogP contribution in [-0.2, 0) is 28.6 Å². The summed E-state index contributed by atoms with van der Waals surface area (Å²) in [6, 6.07) is 0. The van der Waals surface area contributed by atoms with Crippen molar-refractivity contribution in [1.82, 2.24) is 0 Å². The molecular weight excluding hydrogens is 240 g/mol. The maximum absolute atomic E-state index is 11.7. The van der Waals surface area contributed by atoms with Gasteiger partial charge in [-0.25, -0.2) is 4.79 Å². The molecule has 0 saturated carbocycles. The number of carbonyl (C=O) groups excluding carboxylic acids is 3. The van der Waals surface area contributed by atoms with Crippen molar-refractivity contribution in [2.24, 2.45) is 11.8 Å². The lowest BCUT2D eigenvalue weighted by atomic mass is 9.92. The first-order valence-electron chi connectivity index (χ1n) is 5.41.